The highest BCUT2D eigenvalue weighted by molar-refractivity contribution is 9.25. The molecule has 16 heteroatoms. The number of rotatable bonds is 3. The Bertz CT molecular complexity index is 1070. The van der Waals surface area contributed by atoms with Gasteiger partial charge in [-0.25, -0.2) is 15.0 Å². The van der Waals surface area contributed by atoms with E-state index in [2.05, 4.69) is 83.7 Å². The number of alkyl halides is 8. The molecule has 3 rings (SSSR count). The molecule has 0 radical (unpaired) electrons. The molecule has 0 saturated carbocycles. The summed E-state index contributed by atoms with van der Waals surface area (Å²) in [6.45, 7) is 0. The third kappa shape index (κ3) is 10.7. The number of nitrogens with one attached hydrogen (secondary N) is 1. The number of hydrogen-bond donors (Lipinski definition) is 1. The monoisotopic (exact) mass is 744 g/mol. The third-order valence-corrected chi connectivity index (χ3v) is 5.02. The van der Waals surface area contributed by atoms with E-state index in [9.17, 15) is 35.9 Å². The molecule has 0 saturated heterocycles. The summed E-state index contributed by atoms with van der Waals surface area (Å²) in [6, 6.07) is 6.68. The lowest BCUT2D eigenvalue weighted by Gasteiger charge is -2.03. The van der Waals surface area contributed by atoms with Crippen LogP contribution in [0.3, 0.4) is 0 Å². The average molecular weight is 748 g/mol. The van der Waals surface area contributed by atoms with Gasteiger partial charge in [0.25, 0.3) is 5.78 Å². The number of aromatic nitrogens is 4. The van der Waals surface area contributed by atoms with Gasteiger partial charge in [-0.1, -0.05) is 31.9 Å². The van der Waals surface area contributed by atoms with Crippen LogP contribution in [0.5, 0.6) is 0 Å². The lowest BCUT2D eigenvalue weighted by atomic mass is 10.3. The molecule has 0 fully saturated rings. The number of pyridine rings is 2. The number of aldehydes is 1. The molecule has 0 amide bonds. The van der Waals surface area contributed by atoms with Gasteiger partial charge in [-0.2, -0.15) is 26.3 Å². The highest BCUT2D eigenvalue weighted by atomic mass is 79.9. The van der Waals surface area contributed by atoms with Crippen LogP contribution in [0.2, 0.25) is 0 Å². The number of aromatic amines is 1. The molecule has 0 aromatic carbocycles. The van der Waals surface area contributed by atoms with E-state index in [1.165, 1.54) is 12.4 Å². The van der Waals surface area contributed by atoms with Crippen LogP contribution in [0.15, 0.2) is 52.1 Å². The van der Waals surface area contributed by atoms with Gasteiger partial charge in [0.2, 0.25) is 0 Å². The summed E-state index contributed by atoms with van der Waals surface area (Å²) in [6.07, 6.45) is -4.69. The molecule has 3 aromatic rings. The van der Waals surface area contributed by atoms with Gasteiger partial charge in [0.15, 0.2) is 6.29 Å². The number of carbonyl (C=O) groups is 2. The van der Waals surface area contributed by atoms with Gasteiger partial charge in [0.05, 0.1) is 6.20 Å². The van der Waals surface area contributed by atoms with E-state index in [0.717, 1.165) is 17.1 Å². The summed E-state index contributed by atoms with van der Waals surface area (Å²) in [4.78, 5) is 33.6. The SMILES string of the molecule is FC(F)(F)c1cnc(-c2ccc(Br)nc2)[nH]1.O=C(C(Br)Br)C(F)(F)F.O=Cc1ccc(Br)nc1. The molecule has 0 atom stereocenters. The van der Waals surface area contributed by atoms with E-state index < -0.39 is 27.6 Å². The zero-order valence-electron chi connectivity index (χ0n) is 16.1. The quantitative estimate of drug-likeness (QED) is 0.133. The summed E-state index contributed by atoms with van der Waals surface area (Å²) >= 11 is 11.1. The summed E-state index contributed by atoms with van der Waals surface area (Å²) in [7, 11) is 0. The van der Waals surface area contributed by atoms with Gasteiger partial charge >= 0.3 is 12.4 Å². The smallest absolute Gasteiger partial charge is 0.334 e. The molecule has 0 spiro atoms. The van der Waals surface area contributed by atoms with Crippen molar-refractivity contribution in [3.05, 3.63) is 63.3 Å². The molecule has 0 bridgehead atoms. The number of nitrogens with zero attached hydrogens (tertiary/aromatic N) is 3. The van der Waals surface area contributed by atoms with Crippen LogP contribution in [-0.2, 0) is 11.0 Å². The summed E-state index contributed by atoms with van der Waals surface area (Å²) in [5, 5.41) is 0. The Labute approximate surface area is 221 Å². The Balaban J connectivity index is 0.000000276. The molecular weight excluding hydrogens is 738 g/mol. The Hall–Kier alpha value is -1.65. The van der Waals surface area contributed by atoms with Gasteiger partial charge in [0.1, 0.15) is 24.5 Å². The molecule has 0 aliphatic heterocycles. The average Bonchev–Trinajstić information content (AvgIpc) is 3.25. The molecule has 0 unspecified atom stereocenters. The summed E-state index contributed by atoms with van der Waals surface area (Å²) in [5.41, 5.74) is 0.224. The highest BCUT2D eigenvalue weighted by Gasteiger charge is 2.41. The van der Waals surface area contributed by atoms with E-state index >= 15 is 0 Å². The second kappa shape index (κ2) is 13.4. The molecule has 1 N–H and O–H groups in total. The van der Waals surface area contributed by atoms with Crippen molar-refractivity contribution < 1.29 is 35.9 Å². The maximum absolute atomic E-state index is 12.3. The maximum atomic E-state index is 12.3. The maximum Gasteiger partial charge on any atom is 0.452 e. The first kappa shape index (κ1) is 30.4. The molecule has 3 heterocycles. The Morgan fingerprint density at radius 1 is 0.882 bits per heavy atom. The van der Waals surface area contributed by atoms with Crippen molar-refractivity contribution >= 4 is 75.8 Å². The first-order chi connectivity index (χ1) is 15.6. The molecule has 0 aliphatic rings. The number of hydrogen-bond acceptors (Lipinski definition) is 5. The van der Waals surface area contributed by atoms with Crippen LogP contribution in [0.4, 0.5) is 26.3 Å². The van der Waals surface area contributed by atoms with Gasteiger partial charge < -0.3 is 4.98 Å². The number of carbonyl (C=O) groups excluding carboxylic acids is 2. The molecule has 184 valence electrons. The minimum Gasteiger partial charge on any atom is -0.334 e. The van der Waals surface area contributed by atoms with E-state index in [0.29, 0.717) is 15.7 Å². The van der Waals surface area contributed by atoms with Gasteiger partial charge in [-0.3, -0.25) is 9.59 Å². The predicted octanol–water partition coefficient (Wildman–Crippen LogP) is 7.14. The van der Waals surface area contributed by atoms with Crippen molar-refractivity contribution in [3.63, 3.8) is 0 Å². The molecule has 3 aromatic heterocycles. The fraction of sp³-hybridized carbons (Fsp3) is 0.167. The van der Waals surface area contributed by atoms with E-state index in [4.69, 9.17) is 0 Å². The van der Waals surface area contributed by atoms with Crippen LogP contribution < -0.4 is 0 Å². The van der Waals surface area contributed by atoms with Crippen molar-refractivity contribution in [2.45, 2.75) is 16.1 Å². The fourth-order valence-electron chi connectivity index (χ4n) is 1.71. The Kier molecular flexibility index (Phi) is 12.0. The molecule has 34 heavy (non-hydrogen) atoms. The zero-order chi connectivity index (χ0) is 26.1. The second-order valence-electron chi connectivity index (χ2n) is 5.71. The normalized spacial score (nSPS) is 11.1. The lowest BCUT2D eigenvalue weighted by molar-refractivity contribution is -0.168. The third-order valence-electron chi connectivity index (χ3n) is 3.25. The number of halogens is 10. The summed E-state index contributed by atoms with van der Waals surface area (Å²) in [5.74, 6) is -1.69. The number of ketones is 1. The first-order valence-corrected chi connectivity index (χ1v) is 11.8. The second-order valence-corrected chi connectivity index (χ2v) is 10.4. The van der Waals surface area contributed by atoms with Gasteiger partial charge in [-0.15, -0.1) is 0 Å². The van der Waals surface area contributed by atoms with Crippen molar-refractivity contribution in [2.75, 3.05) is 0 Å². The van der Waals surface area contributed by atoms with Crippen molar-refractivity contribution in [2.24, 2.45) is 0 Å². The van der Waals surface area contributed by atoms with E-state index in [1.54, 1.807) is 24.3 Å². The van der Waals surface area contributed by atoms with Crippen LogP contribution in [0.25, 0.3) is 11.4 Å². The van der Waals surface area contributed by atoms with E-state index in [-0.39, 0.29) is 5.82 Å². The highest BCUT2D eigenvalue weighted by Crippen LogP contribution is 2.29. The van der Waals surface area contributed by atoms with Crippen molar-refractivity contribution in [1.29, 1.82) is 0 Å². The van der Waals surface area contributed by atoms with Crippen molar-refractivity contribution in [3.8, 4) is 11.4 Å². The fourth-order valence-corrected chi connectivity index (χ4v) is 2.70. The number of imidazole rings is 1. The molecule has 6 nitrogen and oxygen atoms in total. The standard InChI is InChI=1S/C9H5BrF3N3.C6H4BrNO.C3HBr2F3O/c10-7-2-1-5(3-14-7)8-15-4-6(16-8)9(11,12)13;7-6-2-1-5(4-9)3-8-6;4-2(5)1(9)3(6,7)8/h1-4H,(H,15,16);1-4H;2H. The summed E-state index contributed by atoms with van der Waals surface area (Å²) < 4.78 is 70.8. The predicted molar refractivity (Wildman–Crippen MR) is 125 cm³/mol. The molecular formula is C18H10Br4F6N4O2. The molecule has 0 aliphatic carbocycles. The van der Waals surface area contributed by atoms with Crippen LogP contribution in [0, 0.1) is 0 Å². The lowest BCUT2D eigenvalue weighted by Crippen LogP contribution is -2.27. The largest absolute Gasteiger partial charge is 0.452 e. The first-order valence-electron chi connectivity index (χ1n) is 8.35. The zero-order valence-corrected chi connectivity index (χ0v) is 22.5. The number of H-pyrrole nitrogens is 1. The van der Waals surface area contributed by atoms with Crippen LogP contribution >= 0.6 is 63.7 Å². The Morgan fingerprint density at radius 2 is 1.44 bits per heavy atom. The minimum atomic E-state index is -4.75. The number of Topliss-reactive ketones (excluding diaryl/α,β-unsaturated/α-hetero) is 1. The van der Waals surface area contributed by atoms with Crippen molar-refractivity contribution in [1.82, 2.24) is 19.9 Å². The topological polar surface area (TPSA) is 88.6 Å². The van der Waals surface area contributed by atoms with Gasteiger partial charge in [-0.05, 0) is 56.1 Å². The Morgan fingerprint density at radius 3 is 1.76 bits per heavy atom. The van der Waals surface area contributed by atoms with E-state index in [1.807, 2.05) is 0 Å². The minimum absolute atomic E-state index is 0.146. The van der Waals surface area contributed by atoms with Gasteiger partial charge in [0, 0.05) is 23.5 Å². The van der Waals surface area contributed by atoms with Crippen LogP contribution in [0.1, 0.15) is 16.1 Å². The van der Waals surface area contributed by atoms with Crippen LogP contribution in [-0.4, -0.2) is 41.9 Å².